The Morgan fingerprint density at radius 2 is 1.73 bits per heavy atom. The Morgan fingerprint density at radius 1 is 1.15 bits per heavy atom. The first-order valence-corrected chi connectivity index (χ1v) is 8.14. The molecule has 2 amide bonds. The van der Waals surface area contributed by atoms with Gasteiger partial charge in [0.2, 0.25) is 11.8 Å². The lowest BCUT2D eigenvalue weighted by molar-refractivity contribution is -0.386. The zero-order chi connectivity index (χ0) is 19.3. The van der Waals surface area contributed by atoms with Gasteiger partial charge in [0, 0.05) is 31.3 Å². The molecule has 2 rings (SSSR count). The minimum Gasteiger partial charge on any atom is -0.326 e. The summed E-state index contributed by atoms with van der Waals surface area (Å²) in [4.78, 5) is 33.5. The average molecular weight is 359 g/mol. The van der Waals surface area contributed by atoms with Crippen molar-refractivity contribution in [2.75, 3.05) is 10.6 Å². The summed E-state index contributed by atoms with van der Waals surface area (Å²) in [7, 11) is 0. The molecule has 26 heavy (non-hydrogen) atoms. The molecule has 0 aliphatic heterocycles. The van der Waals surface area contributed by atoms with Gasteiger partial charge in [0.15, 0.2) is 0 Å². The molecule has 0 aliphatic carbocycles. The van der Waals surface area contributed by atoms with Crippen LogP contribution >= 0.6 is 0 Å². The van der Waals surface area contributed by atoms with Crippen LogP contribution in [0.25, 0.3) is 0 Å². The Morgan fingerprint density at radius 3 is 2.23 bits per heavy atom. The van der Waals surface area contributed by atoms with Crippen molar-refractivity contribution < 1.29 is 14.5 Å². The third kappa shape index (κ3) is 4.88. The Kier molecular flexibility index (Phi) is 6.05. The van der Waals surface area contributed by atoms with Gasteiger partial charge in [-0.15, -0.1) is 0 Å². The molecule has 0 radical (unpaired) electrons. The summed E-state index contributed by atoms with van der Waals surface area (Å²) in [6, 6.07) is 6.80. The highest BCUT2D eigenvalue weighted by atomic mass is 16.6. The van der Waals surface area contributed by atoms with E-state index in [0.717, 1.165) is 0 Å². The summed E-state index contributed by atoms with van der Waals surface area (Å²) in [6.07, 6.45) is 0.772. The molecule has 0 unspecified atom stereocenters. The van der Waals surface area contributed by atoms with Gasteiger partial charge >= 0.3 is 5.69 Å². The number of carbonyl (C=O) groups is 2. The van der Waals surface area contributed by atoms with Gasteiger partial charge in [0.1, 0.15) is 11.4 Å². The molecule has 9 heteroatoms. The molecule has 0 bridgehead atoms. The second-order valence-electron chi connectivity index (χ2n) is 5.91. The van der Waals surface area contributed by atoms with Gasteiger partial charge in [-0.1, -0.05) is 0 Å². The number of anilines is 2. The molecule has 1 aromatic heterocycles. The highest BCUT2D eigenvalue weighted by Crippen LogP contribution is 2.22. The van der Waals surface area contributed by atoms with E-state index in [1.54, 1.807) is 42.8 Å². The molecule has 1 heterocycles. The predicted octanol–water partition coefficient (Wildman–Crippen LogP) is 2.79. The maximum Gasteiger partial charge on any atom is 0.312 e. The fourth-order valence-electron chi connectivity index (χ4n) is 2.62. The Bertz CT molecular complexity index is 826. The van der Waals surface area contributed by atoms with Crippen LogP contribution in [-0.4, -0.2) is 26.5 Å². The number of hydrogen-bond acceptors (Lipinski definition) is 5. The number of nitro groups is 1. The van der Waals surface area contributed by atoms with Crippen LogP contribution in [0, 0.1) is 24.0 Å². The molecule has 1 aromatic carbocycles. The summed E-state index contributed by atoms with van der Waals surface area (Å²) in [5.74, 6) is -0.320. The van der Waals surface area contributed by atoms with Crippen molar-refractivity contribution in [2.24, 2.45) is 0 Å². The fraction of sp³-hybridized carbons (Fsp3) is 0.353. The highest BCUT2D eigenvalue weighted by Gasteiger charge is 2.21. The predicted molar refractivity (Wildman–Crippen MR) is 97.0 cm³/mol. The second-order valence-corrected chi connectivity index (χ2v) is 5.91. The van der Waals surface area contributed by atoms with Crippen molar-refractivity contribution in [1.82, 2.24) is 9.78 Å². The summed E-state index contributed by atoms with van der Waals surface area (Å²) in [5, 5.41) is 20.6. The van der Waals surface area contributed by atoms with Crippen LogP contribution in [0.3, 0.4) is 0 Å². The maximum atomic E-state index is 12.0. The van der Waals surface area contributed by atoms with E-state index in [9.17, 15) is 19.7 Å². The molecule has 2 aromatic rings. The molecule has 9 nitrogen and oxygen atoms in total. The quantitative estimate of drug-likeness (QED) is 0.582. The molecule has 0 aliphatic rings. The molecule has 2 N–H and O–H groups in total. The molecule has 0 atom stereocenters. The van der Waals surface area contributed by atoms with Gasteiger partial charge in [0.25, 0.3) is 0 Å². The number of amides is 2. The summed E-state index contributed by atoms with van der Waals surface area (Å²) < 4.78 is 1.56. The zero-order valence-electron chi connectivity index (χ0n) is 14.9. The lowest BCUT2D eigenvalue weighted by atomic mass is 10.2. The molecule has 0 fully saturated rings. The molecular formula is C17H21N5O4. The molecule has 0 saturated heterocycles. The average Bonchev–Trinajstić information content (AvgIpc) is 2.83. The van der Waals surface area contributed by atoms with E-state index in [4.69, 9.17) is 0 Å². The number of rotatable bonds is 7. The minimum atomic E-state index is -0.439. The van der Waals surface area contributed by atoms with Gasteiger partial charge < -0.3 is 10.6 Å². The van der Waals surface area contributed by atoms with Gasteiger partial charge in [-0.25, -0.2) is 0 Å². The van der Waals surface area contributed by atoms with E-state index in [2.05, 4.69) is 15.7 Å². The maximum absolute atomic E-state index is 12.0. The first-order chi connectivity index (χ1) is 12.3. The number of hydrogen-bond donors (Lipinski definition) is 2. The van der Waals surface area contributed by atoms with Crippen molar-refractivity contribution in [3.8, 4) is 0 Å². The number of aromatic nitrogens is 2. The Balaban J connectivity index is 1.85. The summed E-state index contributed by atoms with van der Waals surface area (Å²) >= 11 is 0. The molecular weight excluding hydrogens is 338 g/mol. The van der Waals surface area contributed by atoms with Crippen LogP contribution in [0.2, 0.25) is 0 Å². The molecule has 138 valence electrons. The van der Waals surface area contributed by atoms with Crippen LogP contribution in [0.15, 0.2) is 24.3 Å². The van der Waals surface area contributed by atoms with E-state index >= 15 is 0 Å². The second kappa shape index (κ2) is 8.24. The summed E-state index contributed by atoms with van der Waals surface area (Å²) in [6.45, 7) is 5.09. The normalized spacial score (nSPS) is 10.4. The van der Waals surface area contributed by atoms with Crippen LogP contribution in [0.4, 0.5) is 17.1 Å². The van der Waals surface area contributed by atoms with E-state index in [1.807, 2.05) is 0 Å². The number of carbonyl (C=O) groups excluding carboxylic acids is 2. The van der Waals surface area contributed by atoms with E-state index in [-0.39, 0.29) is 23.9 Å². The van der Waals surface area contributed by atoms with Crippen molar-refractivity contribution >= 4 is 28.9 Å². The SMILES string of the molecule is CC(=O)Nc1ccc(NC(=O)CCCn2nc(C)c([N+](=O)[O-])c2C)cc1. The Labute approximate surface area is 150 Å². The lowest BCUT2D eigenvalue weighted by Gasteiger charge is -2.07. The van der Waals surface area contributed by atoms with Gasteiger partial charge in [-0.2, -0.15) is 5.10 Å². The van der Waals surface area contributed by atoms with Gasteiger partial charge in [0.05, 0.1) is 4.92 Å². The monoisotopic (exact) mass is 359 g/mol. The number of nitrogens with one attached hydrogen (secondary N) is 2. The lowest BCUT2D eigenvalue weighted by Crippen LogP contribution is -2.13. The van der Waals surface area contributed by atoms with Crippen molar-refractivity contribution in [3.63, 3.8) is 0 Å². The van der Waals surface area contributed by atoms with E-state index in [0.29, 0.717) is 35.7 Å². The number of benzene rings is 1. The topological polar surface area (TPSA) is 119 Å². The van der Waals surface area contributed by atoms with Gasteiger partial charge in [-0.3, -0.25) is 24.4 Å². The first kappa shape index (κ1) is 19.1. The number of nitrogens with zero attached hydrogens (tertiary/aromatic N) is 3. The largest absolute Gasteiger partial charge is 0.326 e. The van der Waals surface area contributed by atoms with Crippen molar-refractivity contribution in [3.05, 3.63) is 45.8 Å². The zero-order valence-corrected chi connectivity index (χ0v) is 14.9. The third-order valence-corrected chi connectivity index (χ3v) is 3.79. The molecule has 0 spiro atoms. The highest BCUT2D eigenvalue weighted by molar-refractivity contribution is 5.92. The van der Waals surface area contributed by atoms with E-state index < -0.39 is 4.92 Å². The van der Waals surface area contributed by atoms with Gasteiger partial charge in [-0.05, 0) is 44.5 Å². The van der Waals surface area contributed by atoms with Crippen LogP contribution in [-0.2, 0) is 16.1 Å². The third-order valence-electron chi connectivity index (χ3n) is 3.79. The summed E-state index contributed by atoms with van der Waals surface area (Å²) in [5.41, 5.74) is 2.17. The number of aryl methyl sites for hydroxylation is 2. The Hall–Kier alpha value is -3.23. The standard InChI is InChI=1S/C17H21N5O4/c1-11-17(22(25)26)12(2)21(20-11)10-4-5-16(24)19-15-8-6-14(7-9-15)18-13(3)23/h6-9H,4-5,10H2,1-3H3,(H,18,23)(H,19,24). The fourth-order valence-corrected chi connectivity index (χ4v) is 2.62. The molecule has 0 saturated carbocycles. The first-order valence-electron chi connectivity index (χ1n) is 8.14. The smallest absolute Gasteiger partial charge is 0.312 e. The van der Waals surface area contributed by atoms with Crippen LogP contribution in [0.5, 0.6) is 0 Å². The van der Waals surface area contributed by atoms with Crippen molar-refractivity contribution in [2.45, 2.75) is 40.2 Å². The van der Waals surface area contributed by atoms with E-state index in [1.165, 1.54) is 6.92 Å². The van der Waals surface area contributed by atoms with Crippen LogP contribution < -0.4 is 10.6 Å². The van der Waals surface area contributed by atoms with Crippen LogP contribution in [0.1, 0.15) is 31.2 Å². The minimum absolute atomic E-state index is 0.0220. The van der Waals surface area contributed by atoms with Crippen molar-refractivity contribution in [1.29, 1.82) is 0 Å².